The first-order valence-corrected chi connectivity index (χ1v) is 13.0. The van der Waals surface area contributed by atoms with Crippen molar-refractivity contribution in [2.45, 2.75) is 20.4 Å². The van der Waals surface area contributed by atoms with Gasteiger partial charge in [-0.3, -0.25) is 14.8 Å². The first kappa shape index (κ1) is 25.6. The molecule has 6 N–H and O–H groups in total. The number of anilines is 3. The summed E-state index contributed by atoms with van der Waals surface area (Å²) in [5, 5.41) is 14.6. The maximum atomic E-state index is 13.9. The smallest absolute Gasteiger partial charge is 0.263 e. The van der Waals surface area contributed by atoms with Crippen molar-refractivity contribution in [3.8, 4) is 5.69 Å². The van der Waals surface area contributed by atoms with Gasteiger partial charge in [0.15, 0.2) is 0 Å². The number of hydrogen-bond donors (Lipinski definition) is 4. The van der Waals surface area contributed by atoms with E-state index in [0.717, 1.165) is 33.3 Å². The second-order valence-electron chi connectivity index (χ2n) is 9.81. The topological polar surface area (TPSA) is 161 Å². The molecule has 0 spiro atoms. The van der Waals surface area contributed by atoms with E-state index >= 15 is 0 Å². The zero-order valence-electron chi connectivity index (χ0n) is 22.5. The molecule has 0 aliphatic rings. The van der Waals surface area contributed by atoms with Crippen molar-refractivity contribution >= 4 is 45.0 Å². The van der Waals surface area contributed by atoms with Crippen molar-refractivity contribution < 1.29 is 0 Å². The highest BCUT2D eigenvalue weighted by Crippen LogP contribution is 2.26. The zero-order valence-corrected chi connectivity index (χ0v) is 22.5. The van der Waals surface area contributed by atoms with Gasteiger partial charge in [0, 0.05) is 22.8 Å². The first-order valence-electron chi connectivity index (χ1n) is 13.0. The molecule has 6 aromatic rings. The molecule has 0 fully saturated rings. The highest BCUT2D eigenvalue weighted by Gasteiger charge is 2.19. The lowest BCUT2D eigenvalue weighted by Crippen LogP contribution is -2.25. The molecule has 3 aromatic carbocycles. The standard InChI is InChI=1S/C31H27N9O/c1-17-6-3-4-9-24(17)40-22(13-19-8-5-7-18(2)25(19)30(40)41)15-35-29-26(28(33)37-16-38-29)27(32)20-10-11-23-21(12-20)14-36-31(34)39-23/h3-14,16,32H,15H2,1-2H3,(H2,34,36,39)(H3,33,35,37,38). The van der Waals surface area contributed by atoms with Crippen LogP contribution >= 0.6 is 0 Å². The van der Waals surface area contributed by atoms with Crippen LogP contribution in [-0.4, -0.2) is 30.2 Å². The summed E-state index contributed by atoms with van der Waals surface area (Å²) in [6.45, 7) is 4.17. The number of fused-ring (bicyclic) bond motifs is 2. The minimum Gasteiger partial charge on any atom is -0.383 e. The summed E-state index contributed by atoms with van der Waals surface area (Å²) in [7, 11) is 0. The molecule has 6 rings (SSSR count). The Labute approximate surface area is 235 Å². The number of hydrogen-bond acceptors (Lipinski definition) is 9. The molecule has 0 amide bonds. The SMILES string of the molecule is Cc1ccccc1-n1c(CNc2ncnc(N)c2C(=N)c2ccc3nc(N)ncc3c2)cc2cccc(C)c2c1=O. The Bertz CT molecular complexity index is 2050. The largest absolute Gasteiger partial charge is 0.383 e. The van der Waals surface area contributed by atoms with Gasteiger partial charge in [-0.05, 0) is 54.6 Å². The van der Waals surface area contributed by atoms with Crippen molar-refractivity contribution in [2.75, 3.05) is 16.8 Å². The van der Waals surface area contributed by atoms with Crippen molar-refractivity contribution in [3.05, 3.63) is 118 Å². The van der Waals surface area contributed by atoms with Crippen LogP contribution in [0.15, 0.2) is 84.0 Å². The fourth-order valence-electron chi connectivity index (χ4n) is 5.10. The molecule has 0 unspecified atom stereocenters. The van der Waals surface area contributed by atoms with Crippen LogP contribution in [0.2, 0.25) is 0 Å². The van der Waals surface area contributed by atoms with Gasteiger partial charge in [-0.15, -0.1) is 0 Å². The molecule has 41 heavy (non-hydrogen) atoms. The highest BCUT2D eigenvalue weighted by atomic mass is 16.1. The van der Waals surface area contributed by atoms with Crippen LogP contribution in [0.4, 0.5) is 17.6 Å². The molecule has 3 aromatic heterocycles. The number of aryl methyl sites for hydroxylation is 2. The number of rotatable bonds is 6. The predicted octanol–water partition coefficient (Wildman–Crippen LogP) is 4.53. The minimum atomic E-state index is -0.0964. The third kappa shape index (κ3) is 4.61. The number of aromatic nitrogens is 5. The van der Waals surface area contributed by atoms with E-state index < -0.39 is 0 Å². The molecule has 0 atom stereocenters. The summed E-state index contributed by atoms with van der Waals surface area (Å²) in [6.07, 6.45) is 2.97. The number of pyridine rings is 1. The summed E-state index contributed by atoms with van der Waals surface area (Å²) >= 11 is 0. The minimum absolute atomic E-state index is 0.0964. The van der Waals surface area contributed by atoms with E-state index in [1.54, 1.807) is 29.0 Å². The van der Waals surface area contributed by atoms with Crippen LogP contribution in [0.5, 0.6) is 0 Å². The summed E-state index contributed by atoms with van der Waals surface area (Å²) in [4.78, 5) is 30.8. The van der Waals surface area contributed by atoms with Crippen LogP contribution in [0, 0.1) is 19.3 Å². The molecule has 0 aliphatic carbocycles. The fraction of sp³-hybridized carbons (Fsp3) is 0.0968. The molecule has 0 aliphatic heterocycles. The van der Waals surface area contributed by atoms with Crippen molar-refractivity contribution in [1.82, 2.24) is 24.5 Å². The Balaban J connectivity index is 1.43. The molecule has 10 heteroatoms. The monoisotopic (exact) mass is 541 g/mol. The van der Waals surface area contributed by atoms with Gasteiger partial charge in [0.25, 0.3) is 5.56 Å². The lowest BCUT2D eigenvalue weighted by atomic mass is 10.0. The average molecular weight is 542 g/mol. The number of para-hydroxylation sites is 1. The van der Waals surface area contributed by atoms with E-state index in [2.05, 4.69) is 25.3 Å². The molecule has 202 valence electrons. The van der Waals surface area contributed by atoms with E-state index in [1.165, 1.54) is 6.33 Å². The quantitative estimate of drug-likeness (QED) is 0.224. The fourth-order valence-corrected chi connectivity index (χ4v) is 5.10. The molecular formula is C31H27N9O. The first-order chi connectivity index (χ1) is 19.8. The van der Waals surface area contributed by atoms with E-state index in [-0.39, 0.29) is 29.6 Å². The number of nitrogens with one attached hydrogen (secondary N) is 2. The Kier molecular flexibility index (Phi) is 6.35. The second-order valence-corrected chi connectivity index (χ2v) is 9.81. The van der Waals surface area contributed by atoms with Crippen LogP contribution in [-0.2, 0) is 6.54 Å². The van der Waals surface area contributed by atoms with Gasteiger partial charge in [0.2, 0.25) is 5.95 Å². The van der Waals surface area contributed by atoms with E-state index in [1.807, 2.05) is 62.4 Å². The Morgan fingerprint density at radius 2 is 1.73 bits per heavy atom. The molecule has 0 radical (unpaired) electrons. The van der Waals surface area contributed by atoms with Gasteiger partial charge in [0.1, 0.15) is 18.0 Å². The van der Waals surface area contributed by atoms with Gasteiger partial charge < -0.3 is 16.8 Å². The predicted molar refractivity (Wildman–Crippen MR) is 163 cm³/mol. The maximum absolute atomic E-state index is 13.9. The van der Waals surface area contributed by atoms with Crippen molar-refractivity contribution in [1.29, 1.82) is 5.41 Å². The van der Waals surface area contributed by atoms with Crippen LogP contribution < -0.4 is 22.3 Å². The lowest BCUT2D eigenvalue weighted by molar-refractivity contribution is 0.883. The van der Waals surface area contributed by atoms with E-state index in [9.17, 15) is 4.79 Å². The lowest BCUT2D eigenvalue weighted by Gasteiger charge is -2.19. The maximum Gasteiger partial charge on any atom is 0.263 e. The average Bonchev–Trinajstić information content (AvgIpc) is 2.96. The zero-order chi connectivity index (χ0) is 28.7. The molecule has 0 saturated carbocycles. The normalized spacial score (nSPS) is 11.2. The summed E-state index contributed by atoms with van der Waals surface area (Å²) in [5.41, 5.74) is 17.1. The molecule has 3 heterocycles. The van der Waals surface area contributed by atoms with Gasteiger partial charge in [-0.1, -0.05) is 42.5 Å². The summed E-state index contributed by atoms with van der Waals surface area (Å²) in [6, 6.07) is 21.0. The molecule has 0 bridgehead atoms. The third-order valence-corrected chi connectivity index (χ3v) is 7.14. The van der Waals surface area contributed by atoms with Gasteiger partial charge in [-0.2, -0.15) is 0 Å². The third-order valence-electron chi connectivity index (χ3n) is 7.14. The number of nitrogens with two attached hydrogens (primary N) is 2. The van der Waals surface area contributed by atoms with Crippen LogP contribution in [0.25, 0.3) is 27.4 Å². The van der Waals surface area contributed by atoms with Gasteiger partial charge >= 0.3 is 0 Å². The Hall–Kier alpha value is -5.64. The molecule has 10 nitrogen and oxygen atoms in total. The number of benzene rings is 3. The molecular weight excluding hydrogens is 514 g/mol. The van der Waals surface area contributed by atoms with Gasteiger partial charge in [0.05, 0.1) is 34.4 Å². The van der Waals surface area contributed by atoms with Crippen molar-refractivity contribution in [3.63, 3.8) is 0 Å². The van der Waals surface area contributed by atoms with E-state index in [4.69, 9.17) is 16.9 Å². The second kappa shape index (κ2) is 10.2. The number of nitrogen functional groups attached to an aromatic ring is 2. The van der Waals surface area contributed by atoms with Crippen LogP contribution in [0.3, 0.4) is 0 Å². The Morgan fingerprint density at radius 3 is 2.56 bits per heavy atom. The number of nitrogens with zero attached hydrogens (tertiary/aromatic N) is 5. The van der Waals surface area contributed by atoms with Crippen molar-refractivity contribution in [2.24, 2.45) is 0 Å². The van der Waals surface area contributed by atoms with Gasteiger partial charge in [-0.25, -0.2) is 19.9 Å². The van der Waals surface area contributed by atoms with E-state index in [0.29, 0.717) is 27.8 Å². The highest BCUT2D eigenvalue weighted by molar-refractivity contribution is 6.17. The summed E-state index contributed by atoms with van der Waals surface area (Å²) in [5.74, 6) is 0.719. The van der Waals surface area contributed by atoms with Crippen LogP contribution in [0.1, 0.15) is 27.9 Å². The summed E-state index contributed by atoms with van der Waals surface area (Å²) < 4.78 is 1.74. The Morgan fingerprint density at radius 1 is 0.927 bits per heavy atom. The molecule has 0 saturated heterocycles.